The third-order valence-electron chi connectivity index (χ3n) is 5.59. The summed E-state index contributed by atoms with van der Waals surface area (Å²) in [6.45, 7) is 5.87. The van der Waals surface area contributed by atoms with Crippen LogP contribution < -0.4 is 0 Å². The van der Waals surface area contributed by atoms with Crippen molar-refractivity contribution >= 4 is 5.97 Å². The molecule has 1 aromatic carbocycles. The smallest absolute Gasteiger partial charge is 0.343 e. The standard InChI is InChI=1S/C21H31NO7/c1-13(2)19(24)21(20(25)26-4)10-16(18-17(23)12-27-14(3)28-18)22(29-21)11-15-8-6-5-7-9-15/h5-9,13-14,16-19,23-24H,10-12H2,1-4H3. The molecule has 8 heteroatoms. The van der Waals surface area contributed by atoms with Crippen molar-refractivity contribution in [2.45, 2.75) is 70.0 Å². The number of ether oxygens (including phenoxy) is 3. The van der Waals surface area contributed by atoms with E-state index in [0.717, 1.165) is 5.56 Å². The largest absolute Gasteiger partial charge is 0.467 e. The van der Waals surface area contributed by atoms with E-state index in [1.54, 1.807) is 12.0 Å². The zero-order chi connectivity index (χ0) is 21.2. The first kappa shape index (κ1) is 22.1. The van der Waals surface area contributed by atoms with Gasteiger partial charge in [-0.1, -0.05) is 44.2 Å². The average Bonchev–Trinajstić information content (AvgIpc) is 3.09. The summed E-state index contributed by atoms with van der Waals surface area (Å²) < 4.78 is 16.2. The highest BCUT2D eigenvalue weighted by Gasteiger charge is 2.60. The van der Waals surface area contributed by atoms with E-state index >= 15 is 0 Å². The number of methoxy groups -OCH3 is 1. The lowest BCUT2D eigenvalue weighted by atomic mass is 9.82. The van der Waals surface area contributed by atoms with Gasteiger partial charge in [-0.2, -0.15) is 5.06 Å². The zero-order valence-corrected chi connectivity index (χ0v) is 17.4. The van der Waals surface area contributed by atoms with E-state index in [9.17, 15) is 15.0 Å². The molecule has 0 radical (unpaired) electrons. The van der Waals surface area contributed by atoms with Gasteiger partial charge < -0.3 is 24.4 Å². The molecule has 3 rings (SSSR count). The number of nitrogens with zero attached hydrogens (tertiary/aromatic N) is 1. The second-order valence-electron chi connectivity index (χ2n) is 8.06. The number of carbonyl (C=O) groups is 1. The summed E-state index contributed by atoms with van der Waals surface area (Å²) in [5.41, 5.74) is -0.612. The highest BCUT2D eigenvalue weighted by Crippen LogP contribution is 2.41. The van der Waals surface area contributed by atoms with Crippen molar-refractivity contribution in [3.05, 3.63) is 35.9 Å². The first-order valence-corrected chi connectivity index (χ1v) is 9.99. The van der Waals surface area contributed by atoms with Gasteiger partial charge in [-0.25, -0.2) is 4.79 Å². The first-order chi connectivity index (χ1) is 13.8. The van der Waals surface area contributed by atoms with Gasteiger partial charge in [-0.05, 0) is 18.4 Å². The van der Waals surface area contributed by atoms with Gasteiger partial charge in [-0.15, -0.1) is 0 Å². The van der Waals surface area contributed by atoms with Crippen molar-refractivity contribution in [2.75, 3.05) is 13.7 Å². The summed E-state index contributed by atoms with van der Waals surface area (Å²) in [5.74, 6) is -0.889. The number of hydrogen-bond donors (Lipinski definition) is 2. The van der Waals surface area contributed by atoms with Crippen LogP contribution in [0.25, 0.3) is 0 Å². The summed E-state index contributed by atoms with van der Waals surface area (Å²) >= 11 is 0. The topological polar surface area (TPSA) is 97.7 Å². The van der Waals surface area contributed by atoms with Gasteiger partial charge in [0.15, 0.2) is 6.29 Å². The molecule has 6 atom stereocenters. The minimum absolute atomic E-state index is 0.124. The lowest BCUT2D eigenvalue weighted by Gasteiger charge is -2.38. The maximum atomic E-state index is 12.8. The Bertz CT molecular complexity index is 685. The number of hydrogen-bond acceptors (Lipinski definition) is 8. The number of benzene rings is 1. The third-order valence-corrected chi connectivity index (χ3v) is 5.59. The summed E-state index contributed by atoms with van der Waals surface area (Å²) in [4.78, 5) is 18.9. The van der Waals surface area contributed by atoms with Gasteiger partial charge >= 0.3 is 5.97 Å². The molecule has 8 nitrogen and oxygen atoms in total. The van der Waals surface area contributed by atoms with Crippen LogP contribution in [0, 0.1) is 5.92 Å². The van der Waals surface area contributed by atoms with Gasteiger partial charge in [0.25, 0.3) is 0 Å². The van der Waals surface area contributed by atoms with E-state index in [2.05, 4.69) is 0 Å². The van der Waals surface area contributed by atoms with E-state index in [1.807, 2.05) is 44.2 Å². The highest BCUT2D eigenvalue weighted by molar-refractivity contribution is 5.81. The van der Waals surface area contributed by atoms with Gasteiger partial charge in [0, 0.05) is 13.0 Å². The summed E-state index contributed by atoms with van der Waals surface area (Å²) in [7, 11) is 1.28. The minimum Gasteiger partial charge on any atom is -0.467 e. The summed E-state index contributed by atoms with van der Waals surface area (Å²) in [6.07, 6.45) is -2.99. The van der Waals surface area contributed by atoms with Gasteiger partial charge in [0.05, 0.1) is 25.9 Å². The first-order valence-electron chi connectivity index (χ1n) is 9.99. The average molecular weight is 409 g/mol. The molecule has 2 saturated heterocycles. The quantitative estimate of drug-likeness (QED) is 0.678. The van der Waals surface area contributed by atoms with Crippen LogP contribution in [-0.4, -0.2) is 71.2 Å². The van der Waals surface area contributed by atoms with Crippen LogP contribution in [0.5, 0.6) is 0 Å². The molecular weight excluding hydrogens is 378 g/mol. The maximum Gasteiger partial charge on any atom is 0.343 e. The molecule has 6 unspecified atom stereocenters. The normalized spacial score (nSPS) is 34.3. The van der Waals surface area contributed by atoms with E-state index in [-0.39, 0.29) is 18.9 Å². The van der Waals surface area contributed by atoms with Crippen molar-refractivity contribution in [1.29, 1.82) is 0 Å². The summed E-state index contributed by atoms with van der Waals surface area (Å²) in [5, 5.41) is 23.1. The molecule has 2 N–H and O–H groups in total. The molecule has 2 aliphatic rings. The Morgan fingerprint density at radius 1 is 1.34 bits per heavy atom. The number of aliphatic hydroxyl groups excluding tert-OH is 2. The fourth-order valence-corrected chi connectivity index (χ4v) is 4.07. The molecule has 0 bridgehead atoms. The van der Waals surface area contributed by atoms with Crippen LogP contribution >= 0.6 is 0 Å². The van der Waals surface area contributed by atoms with Crippen LogP contribution in [0.3, 0.4) is 0 Å². The molecule has 2 aliphatic heterocycles. The Hall–Kier alpha value is -1.55. The molecule has 2 fully saturated rings. The molecule has 1 aromatic rings. The molecule has 0 amide bonds. The van der Waals surface area contributed by atoms with Crippen molar-refractivity contribution in [1.82, 2.24) is 5.06 Å². The third kappa shape index (κ3) is 4.47. The van der Waals surface area contributed by atoms with E-state index in [4.69, 9.17) is 19.0 Å². The number of carbonyl (C=O) groups excluding carboxylic acids is 1. The van der Waals surface area contributed by atoms with E-state index < -0.39 is 42.2 Å². The van der Waals surface area contributed by atoms with Crippen molar-refractivity contribution in [3.63, 3.8) is 0 Å². The van der Waals surface area contributed by atoms with Crippen molar-refractivity contribution in [3.8, 4) is 0 Å². The van der Waals surface area contributed by atoms with Gasteiger partial charge in [-0.3, -0.25) is 4.84 Å². The molecule has 0 saturated carbocycles. The predicted molar refractivity (Wildman–Crippen MR) is 103 cm³/mol. The summed E-state index contributed by atoms with van der Waals surface area (Å²) in [6, 6.07) is 9.16. The van der Waals surface area contributed by atoms with Gasteiger partial charge in [0.2, 0.25) is 5.60 Å². The Morgan fingerprint density at radius 3 is 2.66 bits per heavy atom. The second-order valence-corrected chi connectivity index (χ2v) is 8.06. The molecule has 0 aromatic heterocycles. The molecule has 29 heavy (non-hydrogen) atoms. The van der Waals surface area contributed by atoms with Crippen LogP contribution in [-0.2, 0) is 30.4 Å². The second kappa shape index (κ2) is 9.07. The van der Waals surface area contributed by atoms with Crippen molar-refractivity contribution < 1.29 is 34.1 Å². The Kier molecular flexibility index (Phi) is 6.93. The lowest BCUT2D eigenvalue weighted by molar-refractivity contribution is -0.286. The fraction of sp³-hybridized carbons (Fsp3) is 0.667. The molecular formula is C21H31NO7. The van der Waals surface area contributed by atoms with Crippen molar-refractivity contribution in [2.24, 2.45) is 5.92 Å². The van der Waals surface area contributed by atoms with E-state index in [0.29, 0.717) is 6.54 Å². The Balaban J connectivity index is 1.96. The maximum absolute atomic E-state index is 12.8. The van der Waals surface area contributed by atoms with Crippen LogP contribution in [0.1, 0.15) is 32.8 Å². The molecule has 162 valence electrons. The molecule has 2 heterocycles. The number of aliphatic hydroxyl groups is 2. The minimum atomic E-state index is -1.58. The molecule has 0 aliphatic carbocycles. The predicted octanol–water partition coefficient (Wildman–Crippen LogP) is 1.24. The zero-order valence-electron chi connectivity index (χ0n) is 17.4. The van der Waals surface area contributed by atoms with Crippen LogP contribution in [0.15, 0.2) is 30.3 Å². The van der Waals surface area contributed by atoms with Gasteiger partial charge in [0.1, 0.15) is 12.2 Å². The van der Waals surface area contributed by atoms with Crippen LogP contribution in [0.2, 0.25) is 0 Å². The SMILES string of the molecule is COC(=O)C1(C(O)C(C)C)CC(C2OC(C)OCC2O)N(Cc2ccccc2)O1. The van der Waals surface area contributed by atoms with E-state index in [1.165, 1.54) is 7.11 Å². The number of rotatable bonds is 6. The number of hydroxylamine groups is 2. The Morgan fingerprint density at radius 2 is 2.03 bits per heavy atom. The fourth-order valence-electron chi connectivity index (χ4n) is 4.07. The molecule has 0 spiro atoms. The Labute approximate surface area is 171 Å². The number of esters is 1. The lowest BCUT2D eigenvalue weighted by Crippen LogP contribution is -2.54. The van der Waals surface area contributed by atoms with Crippen LogP contribution in [0.4, 0.5) is 0 Å². The highest BCUT2D eigenvalue weighted by atomic mass is 16.7. The monoisotopic (exact) mass is 409 g/mol.